The summed E-state index contributed by atoms with van der Waals surface area (Å²) < 4.78 is 42.1. The average Bonchev–Trinajstić information content (AvgIpc) is 2.85. The summed E-state index contributed by atoms with van der Waals surface area (Å²) in [7, 11) is 1.51. The normalized spacial score (nSPS) is 12.7. The van der Waals surface area contributed by atoms with Crippen LogP contribution in [0.4, 0.5) is 18.9 Å². The Morgan fingerprint density at radius 2 is 1.70 bits per heavy atom. The first-order valence-corrected chi connectivity index (χ1v) is 8.30. The van der Waals surface area contributed by atoms with Gasteiger partial charge in [-0.25, -0.2) is 0 Å². The number of carbonyl (C=O) groups is 2. The first-order valence-electron chi connectivity index (χ1n) is 8.30. The van der Waals surface area contributed by atoms with Gasteiger partial charge in [0.15, 0.2) is 0 Å². The Morgan fingerprint density at radius 1 is 1.15 bits per heavy atom. The van der Waals surface area contributed by atoms with Gasteiger partial charge in [-0.2, -0.15) is 13.2 Å². The molecule has 2 rings (SSSR count). The molecule has 0 aliphatic carbocycles. The van der Waals surface area contributed by atoms with Crippen molar-refractivity contribution in [1.82, 2.24) is 4.57 Å². The summed E-state index contributed by atoms with van der Waals surface area (Å²) in [5, 5.41) is 2.25. The molecule has 1 aromatic heterocycles. The molecular weight excluding hydrogens is 359 g/mol. The van der Waals surface area contributed by atoms with Crippen LogP contribution in [0.1, 0.15) is 32.7 Å². The lowest BCUT2D eigenvalue weighted by Gasteiger charge is -2.22. The number of nitrogens with one attached hydrogen (secondary N) is 1. The van der Waals surface area contributed by atoms with Crippen molar-refractivity contribution in [2.75, 3.05) is 5.32 Å². The first-order chi connectivity index (χ1) is 12.4. The number of anilines is 1. The van der Waals surface area contributed by atoms with Crippen LogP contribution < -0.4 is 11.1 Å². The number of alkyl halides is 3. The largest absolute Gasteiger partial charge is 0.400 e. The highest BCUT2D eigenvalue weighted by Crippen LogP contribution is 2.32. The van der Waals surface area contributed by atoms with E-state index in [-0.39, 0.29) is 11.4 Å². The highest BCUT2D eigenvalue weighted by molar-refractivity contribution is 5.96. The van der Waals surface area contributed by atoms with Gasteiger partial charge in [0.25, 0.3) is 5.91 Å². The number of aromatic nitrogens is 1. The molecule has 0 bridgehead atoms. The highest BCUT2D eigenvalue weighted by Gasteiger charge is 2.45. The number of rotatable bonds is 5. The number of halogens is 3. The highest BCUT2D eigenvalue weighted by atomic mass is 19.4. The average molecular weight is 381 g/mol. The lowest BCUT2D eigenvalue weighted by atomic mass is 9.90. The first kappa shape index (κ1) is 20.5. The molecule has 2 amide bonds. The lowest BCUT2D eigenvalue weighted by molar-refractivity contribution is -0.179. The maximum Gasteiger partial charge on any atom is 0.400 e. The summed E-state index contributed by atoms with van der Waals surface area (Å²) in [6, 6.07) is 4.84. The number of hydrogen-bond donors (Lipinski definition) is 2. The SMILES string of the molecule is Cc1cc(C)c(CC(C(=O)Nc2cc(C(N)=O)n(C)c2)C(F)(F)F)c(C)c1. The van der Waals surface area contributed by atoms with E-state index in [2.05, 4.69) is 5.32 Å². The van der Waals surface area contributed by atoms with Crippen molar-refractivity contribution in [3.05, 3.63) is 52.3 Å². The van der Waals surface area contributed by atoms with Gasteiger partial charge in [-0.3, -0.25) is 9.59 Å². The predicted molar refractivity (Wildman–Crippen MR) is 96.5 cm³/mol. The molecule has 0 spiro atoms. The van der Waals surface area contributed by atoms with E-state index in [1.807, 2.05) is 6.92 Å². The number of nitrogens with two attached hydrogens (primary N) is 1. The number of primary amides is 1. The Morgan fingerprint density at radius 3 is 2.15 bits per heavy atom. The van der Waals surface area contributed by atoms with Crippen LogP contribution >= 0.6 is 0 Å². The van der Waals surface area contributed by atoms with Crippen molar-refractivity contribution in [1.29, 1.82) is 0 Å². The standard InChI is InChI=1S/C19H22F3N3O2/c1-10-5-11(2)14(12(3)6-10)8-15(19(20,21)22)18(27)24-13-7-16(17(23)26)25(4)9-13/h5-7,9,15H,8H2,1-4H3,(H2,23,26)(H,24,27). The molecule has 1 atom stereocenters. The zero-order chi connectivity index (χ0) is 20.5. The summed E-state index contributed by atoms with van der Waals surface area (Å²) in [5.41, 5.74) is 8.23. The molecule has 0 saturated heterocycles. The zero-order valence-electron chi connectivity index (χ0n) is 15.6. The van der Waals surface area contributed by atoms with E-state index in [4.69, 9.17) is 5.73 Å². The Kier molecular flexibility index (Phi) is 5.67. The molecule has 1 unspecified atom stereocenters. The van der Waals surface area contributed by atoms with Gasteiger partial charge in [0.05, 0.1) is 5.69 Å². The second kappa shape index (κ2) is 7.46. The van der Waals surface area contributed by atoms with E-state index >= 15 is 0 Å². The van der Waals surface area contributed by atoms with E-state index in [9.17, 15) is 22.8 Å². The van der Waals surface area contributed by atoms with Crippen LogP contribution in [-0.4, -0.2) is 22.6 Å². The molecule has 2 aromatic rings. The van der Waals surface area contributed by atoms with Gasteiger partial charge < -0.3 is 15.6 Å². The summed E-state index contributed by atoms with van der Waals surface area (Å²) in [5.74, 6) is -4.13. The molecule has 3 N–H and O–H groups in total. The van der Waals surface area contributed by atoms with Crippen LogP contribution in [0.3, 0.4) is 0 Å². The van der Waals surface area contributed by atoms with Gasteiger partial charge in [0.1, 0.15) is 11.6 Å². The summed E-state index contributed by atoms with van der Waals surface area (Å²) in [6.45, 7) is 5.33. The second-order valence-electron chi connectivity index (χ2n) is 6.75. The van der Waals surface area contributed by atoms with E-state index in [1.165, 1.54) is 23.9 Å². The number of benzene rings is 1. The summed E-state index contributed by atoms with van der Waals surface area (Å²) in [4.78, 5) is 23.7. The minimum atomic E-state index is -4.71. The van der Waals surface area contributed by atoms with Gasteiger partial charge in [0, 0.05) is 13.2 Å². The fraction of sp³-hybridized carbons (Fsp3) is 0.368. The quantitative estimate of drug-likeness (QED) is 0.833. The maximum atomic E-state index is 13.6. The van der Waals surface area contributed by atoms with Crippen molar-refractivity contribution >= 4 is 17.5 Å². The van der Waals surface area contributed by atoms with E-state index in [0.717, 1.165) is 5.56 Å². The Hall–Kier alpha value is -2.77. The molecule has 146 valence electrons. The van der Waals surface area contributed by atoms with Crippen molar-refractivity contribution < 1.29 is 22.8 Å². The van der Waals surface area contributed by atoms with Gasteiger partial charge >= 0.3 is 6.18 Å². The monoisotopic (exact) mass is 381 g/mol. The van der Waals surface area contributed by atoms with Gasteiger partial charge in [-0.15, -0.1) is 0 Å². The van der Waals surface area contributed by atoms with Gasteiger partial charge in [-0.1, -0.05) is 17.7 Å². The molecule has 27 heavy (non-hydrogen) atoms. The fourth-order valence-electron chi connectivity index (χ4n) is 3.20. The van der Waals surface area contributed by atoms with Crippen LogP contribution in [-0.2, 0) is 18.3 Å². The van der Waals surface area contributed by atoms with Crippen LogP contribution in [0.2, 0.25) is 0 Å². The van der Waals surface area contributed by atoms with Crippen molar-refractivity contribution in [2.24, 2.45) is 18.7 Å². The van der Waals surface area contributed by atoms with E-state index in [1.54, 1.807) is 26.0 Å². The van der Waals surface area contributed by atoms with E-state index < -0.39 is 30.3 Å². The Bertz CT molecular complexity index is 862. The zero-order valence-corrected chi connectivity index (χ0v) is 15.6. The van der Waals surface area contributed by atoms with E-state index in [0.29, 0.717) is 16.7 Å². The number of hydrogen-bond acceptors (Lipinski definition) is 2. The lowest BCUT2D eigenvalue weighted by Crippen LogP contribution is -2.37. The molecule has 5 nitrogen and oxygen atoms in total. The molecule has 1 aromatic carbocycles. The Labute approximate surface area is 155 Å². The number of carbonyl (C=O) groups excluding carboxylic acids is 2. The molecule has 1 heterocycles. The van der Waals surface area contributed by atoms with Gasteiger partial charge in [-0.05, 0) is 49.9 Å². The second-order valence-corrected chi connectivity index (χ2v) is 6.75. The molecular formula is C19H22F3N3O2. The van der Waals surface area contributed by atoms with Crippen molar-refractivity contribution in [2.45, 2.75) is 33.4 Å². The number of nitrogens with zero attached hydrogens (tertiary/aromatic N) is 1. The molecule has 0 aliphatic rings. The van der Waals surface area contributed by atoms with Crippen LogP contribution in [0.25, 0.3) is 0 Å². The third-order valence-corrected chi connectivity index (χ3v) is 4.49. The molecule has 8 heteroatoms. The Balaban J connectivity index is 2.31. The minimum Gasteiger partial charge on any atom is -0.364 e. The van der Waals surface area contributed by atoms with Crippen LogP contribution in [0.5, 0.6) is 0 Å². The number of amides is 2. The van der Waals surface area contributed by atoms with Crippen LogP contribution in [0, 0.1) is 26.7 Å². The molecule has 0 aliphatic heterocycles. The van der Waals surface area contributed by atoms with Crippen LogP contribution in [0.15, 0.2) is 24.4 Å². The van der Waals surface area contributed by atoms with Crippen molar-refractivity contribution in [3.8, 4) is 0 Å². The topological polar surface area (TPSA) is 77.1 Å². The molecule has 0 radical (unpaired) electrons. The summed E-state index contributed by atoms with van der Waals surface area (Å²) in [6.07, 6.45) is -3.83. The summed E-state index contributed by atoms with van der Waals surface area (Å²) >= 11 is 0. The molecule has 0 fully saturated rings. The molecule has 0 saturated carbocycles. The fourth-order valence-corrected chi connectivity index (χ4v) is 3.20. The number of aryl methyl sites for hydroxylation is 4. The maximum absolute atomic E-state index is 13.6. The van der Waals surface area contributed by atoms with Crippen molar-refractivity contribution in [3.63, 3.8) is 0 Å². The third kappa shape index (κ3) is 4.69. The minimum absolute atomic E-state index is 0.0825. The smallest absolute Gasteiger partial charge is 0.364 e. The van der Waals surface area contributed by atoms with Gasteiger partial charge in [0.2, 0.25) is 5.91 Å². The predicted octanol–water partition coefficient (Wildman–Crippen LogP) is 3.41. The third-order valence-electron chi connectivity index (χ3n) is 4.49.